The molecule has 0 aliphatic rings. The van der Waals surface area contributed by atoms with Crippen LogP contribution in [-0.2, 0) is 6.61 Å². The number of aliphatic hydroxyl groups excluding tert-OH is 1. The third kappa shape index (κ3) is 2.54. The number of aliphatic hydroxyl groups is 1. The van der Waals surface area contributed by atoms with Crippen LogP contribution in [-0.4, -0.2) is 11.7 Å². The first-order chi connectivity index (χ1) is 8.76. The van der Waals surface area contributed by atoms with Gasteiger partial charge in [-0.3, -0.25) is 0 Å². The molecule has 0 saturated carbocycles. The Hall–Kier alpha value is -1.80. The minimum Gasteiger partial charge on any atom is -0.392 e. The van der Waals surface area contributed by atoms with E-state index in [0.29, 0.717) is 0 Å². The van der Waals surface area contributed by atoms with Gasteiger partial charge in [0.25, 0.3) is 0 Å². The fraction of sp³-hybridized carbons (Fsp3) is 0.250. The first kappa shape index (κ1) is 12.7. The summed E-state index contributed by atoms with van der Waals surface area (Å²) in [5.74, 6) is 0. The zero-order valence-corrected chi connectivity index (χ0v) is 10.9. The Bertz CT molecular complexity index is 508. The van der Waals surface area contributed by atoms with E-state index in [4.69, 9.17) is 5.11 Å². The number of anilines is 2. The van der Waals surface area contributed by atoms with Crippen LogP contribution in [0.5, 0.6) is 0 Å². The van der Waals surface area contributed by atoms with Crippen molar-refractivity contribution in [2.45, 2.75) is 20.5 Å². The van der Waals surface area contributed by atoms with Gasteiger partial charge in [0, 0.05) is 17.9 Å². The summed E-state index contributed by atoms with van der Waals surface area (Å²) < 4.78 is 0. The smallest absolute Gasteiger partial charge is 0.0681 e. The first-order valence-corrected chi connectivity index (χ1v) is 6.29. The van der Waals surface area contributed by atoms with Gasteiger partial charge < -0.3 is 10.0 Å². The van der Waals surface area contributed by atoms with Crippen LogP contribution in [0.25, 0.3) is 0 Å². The highest BCUT2D eigenvalue weighted by molar-refractivity contribution is 5.66. The van der Waals surface area contributed by atoms with Crippen LogP contribution in [0.2, 0.25) is 0 Å². The summed E-state index contributed by atoms with van der Waals surface area (Å²) in [6.07, 6.45) is 0. The predicted molar refractivity (Wildman–Crippen MR) is 76.2 cm³/mol. The second-order valence-corrected chi connectivity index (χ2v) is 4.36. The SMILES string of the molecule is CCN(c1ccccc1)c1ccc(CO)cc1C. The fourth-order valence-electron chi connectivity index (χ4n) is 2.22. The van der Waals surface area contributed by atoms with Crippen molar-refractivity contribution in [3.05, 3.63) is 59.7 Å². The summed E-state index contributed by atoms with van der Waals surface area (Å²) >= 11 is 0. The standard InChI is InChI=1S/C16H19NO/c1-3-17(15-7-5-4-6-8-15)16-10-9-14(12-18)11-13(16)2/h4-11,18H,3,12H2,1-2H3. The minimum atomic E-state index is 0.0958. The second-order valence-electron chi connectivity index (χ2n) is 4.36. The van der Waals surface area contributed by atoms with Crippen LogP contribution in [0.3, 0.4) is 0 Å². The highest BCUT2D eigenvalue weighted by Crippen LogP contribution is 2.28. The van der Waals surface area contributed by atoms with Crippen molar-refractivity contribution < 1.29 is 5.11 Å². The van der Waals surface area contributed by atoms with Crippen molar-refractivity contribution in [2.24, 2.45) is 0 Å². The average molecular weight is 241 g/mol. The molecule has 0 spiro atoms. The summed E-state index contributed by atoms with van der Waals surface area (Å²) in [4.78, 5) is 2.27. The lowest BCUT2D eigenvalue weighted by atomic mass is 10.1. The Balaban J connectivity index is 2.39. The Morgan fingerprint density at radius 3 is 2.33 bits per heavy atom. The number of hydrogen-bond donors (Lipinski definition) is 1. The topological polar surface area (TPSA) is 23.5 Å². The van der Waals surface area contributed by atoms with Crippen molar-refractivity contribution in [1.82, 2.24) is 0 Å². The average Bonchev–Trinajstić information content (AvgIpc) is 2.42. The number of rotatable bonds is 4. The molecule has 0 heterocycles. The molecule has 2 aromatic rings. The molecule has 2 nitrogen and oxygen atoms in total. The summed E-state index contributed by atoms with van der Waals surface area (Å²) in [5.41, 5.74) is 4.54. The Labute approximate surface area is 109 Å². The maximum atomic E-state index is 9.15. The molecule has 0 aliphatic carbocycles. The predicted octanol–water partition coefficient (Wildman–Crippen LogP) is 3.65. The van der Waals surface area contributed by atoms with Gasteiger partial charge in [-0.1, -0.05) is 30.3 Å². The van der Waals surface area contributed by atoms with Crippen LogP contribution < -0.4 is 4.90 Å². The minimum absolute atomic E-state index is 0.0958. The summed E-state index contributed by atoms with van der Waals surface area (Å²) in [7, 11) is 0. The van der Waals surface area contributed by atoms with Crippen LogP contribution in [0, 0.1) is 6.92 Å². The summed E-state index contributed by atoms with van der Waals surface area (Å²) in [6, 6.07) is 16.5. The van der Waals surface area contributed by atoms with Crippen LogP contribution in [0.1, 0.15) is 18.1 Å². The number of benzene rings is 2. The van der Waals surface area contributed by atoms with Crippen LogP contribution >= 0.6 is 0 Å². The number of hydrogen-bond acceptors (Lipinski definition) is 2. The highest BCUT2D eigenvalue weighted by Gasteiger charge is 2.09. The molecular weight excluding hydrogens is 222 g/mol. The van der Waals surface area contributed by atoms with Crippen LogP contribution in [0.15, 0.2) is 48.5 Å². The van der Waals surface area contributed by atoms with Crippen molar-refractivity contribution in [3.8, 4) is 0 Å². The Morgan fingerprint density at radius 1 is 1.06 bits per heavy atom. The van der Waals surface area contributed by atoms with E-state index >= 15 is 0 Å². The molecule has 2 rings (SSSR count). The van der Waals surface area contributed by atoms with E-state index in [1.54, 1.807) is 0 Å². The molecule has 0 amide bonds. The number of para-hydroxylation sites is 1. The van der Waals surface area contributed by atoms with Gasteiger partial charge in [0.2, 0.25) is 0 Å². The molecule has 0 atom stereocenters. The van der Waals surface area contributed by atoms with Crippen molar-refractivity contribution >= 4 is 11.4 Å². The van der Waals surface area contributed by atoms with Gasteiger partial charge in [-0.15, -0.1) is 0 Å². The molecule has 1 N–H and O–H groups in total. The first-order valence-electron chi connectivity index (χ1n) is 6.29. The molecule has 2 heteroatoms. The van der Waals surface area contributed by atoms with E-state index in [1.807, 2.05) is 18.2 Å². The molecule has 0 fully saturated rings. The number of nitrogens with zero attached hydrogens (tertiary/aromatic N) is 1. The third-order valence-electron chi connectivity index (χ3n) is 3.12. The van der Waals surface area contributed by atoms with Gasteiger partial charge in [0.05, 0.1) is 6.61 Å². The maximum absolute atomic E-state index is 9.15. The number of aryl methyl sites for hydroxylation is 1. The van der Waals surface area contributed by atoms with E-state index < -0.39 is 0 Å². The van der Waals surface area contributed by atoms with Gasteiger partial charge in [-0.05, 0) is 43.2 Å². The van der Waals surface area contributed by atoms with Gasteiger partial charge in [0.1, 0.15) is 0 Å². The largest absolute Gasteiger partial charge is 0.392 e. The van der Waals surface area contributed by atoms with E-state index in [0.717, 1.165) is 12.1 Å². The monoisotopic (exact) mass is 241 g/mol. The summed E-state index contributed by atoms with van der Waals surface area (Å²) in [6.45, 7) is 5.24. The lowest BCUT2D eigenvalue weighted by Crippen LogP contribution is -2.17. The van der Waals surface area contributed by atoms with Crippen molar-refractivity contribution in [3.63, 3.8) is 0 Å². The zero-order valence-electron chi connectivity index (χ0n) is 10.9. The lowest BCUT2D eigenvalue weighted by Gasteiger charge is -2.25. The van der Waals surface area contributed by atoms with Gasteiger partial charge in [0.15, 0.2) is 0 Å². The normalized spacial score (nSPS) is 10.4. The molecule has 0 unspecified atom stereocenters. The molecule has 0 saturated heterocycles. The Morgan fingerprint density at radius 2 is 1.78 bits per heavy atom. The van der Waals surface area contributed by atoms with Gasteiger partial charge >= 0.3 is 0 Å². The van der Waals surface area contributed by atoms with Gasteiger partial charge in [-0.25, -0.2) is 0 Å². The molecule has 94 valence electrons. The third-order valence-corrected chi connectivity index (χ3v) is 3.12. The van der Waals surface area contributed by atoms with E-state index in [-0.39, 0.29) is 6.61 Å². The Kier molecular flexibility index (Phi) is 4.00. The quantitative estimate of drug-likeness (QED) is 0.883. The zero-order chi connectivity index (χ0) is 13.0. The molecule has 2 aromatic carbocycles. The molecular formula is C16H19NO. The molecule has 0 radical (unpaired) electrons. The molecule has 18 heavy (non-hydrogen) atoms. The highest BCUT2D eigenvalue weighted by atomic mass is 16.3. The van der Waals surface area contributed by atoms with E-state index in [2.05, 4.69) is 49.1 Å². The van der Waals surface area contributed by atoms with Gasteiger partial charge in [-0.2, -0.15) is 0 Å². The molecule has 0 aromatic heterocycles. The van der Waals surface area contributed by atoms with Crippen LogP contribution in [0.4, 0.5) is 11.4 Å². The fourth-order valence-corrected chi connectivity index (χ4v) is 2.22. The van der Waals surface area contributed by atoms with Crippen molar-refractivity contribution in [1.29, 1.82) is 0 Å². The molecule has 0 bridgehead atoms. The van der Waals surface area contributed by atoms with E-state index in [9.17, 15) is 0 Å². The summed E-state index contributed by atoms with van der Waals surface area (Å²) in [5, 5.41) is 9.15. The molecule has 0 aliphatic heterocycles. The van der Waals surface area contributed by atoms with Crippen molar-refractivity contribution in [2.75, 3.05) is 11.4 Å². The second kappa shape index (κ2) is 5.69. The van der Waals surface area contributed by atoms with E-state index in [1.165, 1.54) is 16.9 Å². The maximum Gasteiger partial charge on any atom is 0.0681 e. The lowest BCUT2D eigenvalue weighted by molar-refractivity contribution is 0.282.